The maximum Gasteiger partial charge on any atom is 0.0707 e. The second kappa shape index (κ2) is 9.58. The van der Waals surface area contributed by atoms with E-state index in [2.05, 4.69) is 67.2 Å². The fourth-order valence-corrected chi connectivity index (χ4v) is 2.89. The summed E-state index contributed by atoms with van der Waals surface area (Å²) in [7, 11) is 4.18. The van der Waals surface area contributed by atoms with E-state index < -0.39 is 0 Å². The quantitative estimate of drug-likeness (QED) is 0.767. The van der Waals surface area contributed by atoms with Crippen molar-refractivity contribution in [2.75, 3.05) is 33.7 Å². The van der Waals surface area contributed by atoms with E-state index >= 15 is 0 Å². The zero-order valence-electron chi connectivity index (χ0n) is 15.2. The van der Waals surface area contributed by atoms with E-state index in [0.717, 1.165) is 19.6 Å². The van der Waals surface area contributed by atoms with Gasteiger partial charge in [-0.05, 0) is 38.6 Å². The molecule has 0 amide bonds. The minimum absolute atomic E-state index is 0.348. The van der Waals surface area contributed by atoms with Crippen LogP contribution in [0.15, 0.2) is 54.6 Å². The zero-order valence-corrected chi connectivity index (χ0v) is 15.2. The molecule has 0 heterocycles. The van der Waals surface area contributed by atoms with Crippen molar-refractivity contribution in [2.45, 2.75) is 26.0 Å². The van der Waals surface area contributed by atoms with Gasteiger partial charge in [0.2, 0.25) is 0 Å². The van der Waals surface area contributed by atoms with Crippen LogP contribution in [-0.4, -0.2) is 54.7 Å². The van der Waals surface area contributed by atoms with Crippen LogP contribution < -0.4 is 0 Å². The molecule has 0 spiro atoms. The smallest absolute Gasteiger partial charge is 0.0707 e. The van der Waals surface area contributed by atoms with Crippen LogP contribution in [0.4, 0.5) is 0 Å². The summed E-state index contributed by atoms with van der Waals surface area (Å²) >= 11 is 0. The van der Waals surface area contributed by atoms with Crippen molar-refractivity contribution in [1.82, 2.24) is 9.80 Å². The first kappa shape index (κ1) is 18.7. The largest absolute Gasteiger partial charge is 0.391 e. The predicted octanol–water partition coefficient (Wildman–Crippen LogP) is 2.96. The number of aryl methyl sites for hydroxylation is 1. The Labute approximate surface area is 146 Å². The van der Waals surface area contributed by atoms with Crippen molar-refractivity contribution < 1.29 is 5.11 Å². The molecular weight excluding hydrogens is 296 g/mol. The van der Waals surface area contributed by atoms with Gasteiger partial charge in [-0.25, -0.2) is 0 Å². The van der Waals surface area contributed by atoms with Crippen LogP contribution in [0.3, 0.4) is 0 Å². The first-order valence-electron chi connectivity index (χ1n) is 8.67. The van der Waals surface area contributed by atoms with Gasteiger partial charge in [0, 0.05) is 26.2 Å². The summed E-state index contributed by atoms with van der Waals surface area (Å²) in [5.74, 6) is 0. The molecule has 0 bridgehead atoms. The molecule has 2 rings (SSSR count). The SMILES string of the molecule is Cc1cccc(CN(CCN(C)C)CC(O)Cc2ccccc2)c1. The van der Waals surface area contributed by atoms with Crippen LogP contribution in [-0.2, 0) is 13.0 Å². The third kappa shape index (κ3) is 6.83. The van der Waals surface area contributed by atoms with E-state index in [1.807, 2.05) is 18.2 Å². The Kier molecular flexibility index (Phi) is 7.44. The minimum atomic E-state index is -0.348. The van der Waals surface area contributed by atoms with Crippen molar-refractivity contribution >= 4 is 0 Å². The number of aliphatic hydroxyl groups excluding tert-OH is 1. The highest BCUT2D eigenvalue weighted by atomic mass is 16.3. The first-order chi connectivity index (χ1) is 11.5. The second-order valence-electron chi connectivity index (χ2n) is 6.87. The van der Waals surface area contributed by atoms with Crippen molar-refractivity contribution in [3.05, 3.63) is 71.3 Å². The summed E-state index contributed by atoms with van der Waals surface area (Å²) in [5.41, 5.74) is 3.78. The van der Waals surface area contributed by atoms with Gasteiger partial charge in [-0.3, -0.25) is 4.90 Å². The maximum absolute atomic E-state index is 10.5. The van der Waals surface area contributed by atoms with Crippen molar-refractivity contribution in [1.29, 1.82) is 0 Å². The van der Waals surface area contributed by atoms with E-state index in [9.17, 15) is 5.11 Å². The third-order valence-electron chi connectivity index (χ3n) is 4.14. The van der Waals surface area contributed by atoms with Gasteiger partial charge in [0.15, 0.2) is 0 Å². The highest BCUT2D eigenvalue weighted by Crippen LogP contribution is 2.10. The molecule has 3 heteroatoms. The number of hydrogen-bond acceptors (Lipinski definition) is 3. The lowest BCUT2D eigenvalue weighted by Crippen LogP contribution is -2.37. The number of aliphatic hydroxyl groups is 1. The Balaban J connectivity index is 1.96. The molecule has 0 fully saturated rings. The molecule has 1 atom stereocenters. The fraction of sp³-hybridized carbons (Fsp3) is 0.429. The molecule has 0 aliphatic heterocycles. The normalized spacial score (nSPS) is 12.8. The second-order valence-corrected chi connectivity index (χ2v) is 6.87. The zero-order chi connectivity index (χ0) is 17.4. The number of likely N-dealkylation sites (N-methyl/N-ethyl adjacent to an activating group) is 1. The summed E-state index contributed by atoms with van der Waals surface area (Å²) in [6, 6.07) is 18.8. The van der Waals surface area contributed by atoms with Gasteiger partial charge in [-0.15, -0.1) is 0 Å². The summed E-state index contributed by atoms with van der Waals surface area (Å²) in [5, 5.41) is 10.5. The van der Waals surface area contributed by atoms with E-state index in [4.69, 9.17) is 0 Å². The van der Waals surface area contributed by atoms with E-state index in [0.29, 0.717) is 13.0 Å². The summed E-state index contributed by atoms with van der Waals surface area (Å²) in [4.78, 5) is 4.54. The predicted molar refractivity (Wildman–Crippen MR) is 101 cm³/mol. The molecule has 1 N–H and O–H groups in total. The van der Waals surface area contributed by atoms with Gasteiger partial charge in [-0.2, -0.15) is 0 Å². The molecule has 1 unspecified atom stereocenters. The lowest BCUT2D eigenvalue weighted by atomic mass is 10.1. The van der Waals surface area contributed by atoms with Crippen LogP contribution in [0, 0.1) is 6.92 Å². The number of benzene rings is 2. The number of hydrogen-bond donors (Lipinski definition) is 1. The Hall–Kier alpha value is -1.68. The lowest BCUT2D eigenvalue weighted by molar-refractivity contribution is 0.104. The van der Waals surface area contributed by atoms with Gasteiger partial charge in [0.05, 0.1) is 6.10 Å². The number of rotatable bonds is 9. The standard InChI is InChI=1S/C21H30N2O/c1-18-8-7-11-20(14-18)16-23(13-12-22(2)3)17-21(24)15-19-9-5-4-6-10-19/h4-11,14,21,24H,12-13,15-17H2,1-3H3. The molecule has 2 aromatic rings. The Morgan fingerprint density at radius 1 is 0.917 bits per heavy atom. The van der Waals surface area contributed by atoms with Crippen LogP contribution in [0.25, 0.3) is 0 Å². The van der Waals surface area contributed by atoms with Crippen LogP contribution >= 0.6 is 0 Å². The summed E-state index contributed by atoms with van der Waals surface area (Å²) < 4.78 is 0. The van der Waals surface area contributed by atoms with E-state index in [1.165, 1.54) is 16.7 Å². The van der Waals surface area contributed by atoms with Crippen molar-refractivity contribution in [3.8, 4) is 0 Å². The minimum Gasteiger partial charge on any atom is -0.391 e. The molecule has 0 saturated heterocycles. The fourth-order valence-electron chi connectivity index (χ4n) is 2.89. The molecular formula is C21H30N2O. The molecule has 0 radical (unpaired) electrons. The van der Waals surface area contributed by atoms with Crippen molar-refractivity contribution in [2.24, 2.45) is 0 Å². The average molecular weight is 326 g/mol. The molecule has 0 aromatic heterocycles. The van der Waals surface area contributed by atoms with Gasteiger partial charge >= 0.3 is 0 Å². The van der Waals surface area contributed by atoms with E-state index in [-0.39, 0.29) is 6.10 Å². The first-order valence-corrected chi connectivity index (χ1v) is 8.67. The Bertz CT molecular complexity index is 598. The van der Waals surface area contributed by atoms with Gasteiger partial charge in [0.1, 0.15) is 0 Å². The van der Waals surface area contributed by atoms with E-state index in [1.54, 1.807) is 0 Å². The summed E-state index contributed by atoms with van der Waals surface area (Å²) in [6.45, 7) is 5.63. The van der Waals surface area contributed by atoms with Crippen LogP contribution in [0.2, 0.25) is 0 Å². The topological polar surface area (TPSA) is 26.7 Å². The van der Waals surface area contributed by atoms with Gasteiger partial charge in [0.25, 0.3) is 0 Å². The molecule has 0 aliphatic carbocycles. The lowest BCUT2D eigenvalue weighted by Gasteiger charge is -2.27. The third-order valence-corrected chi connectivity index (χ3v) is 4.14. The number of nitrogens with zero attached hydrogens (tertiary/aromatic N) is 2. The van der Waals surface area contributed by atoms with Crippen LogP contribution in [0.1, 0.15) is 16.7 Å². The van der Waals surface area contributed by atoms with Gasteiger partial charge in [-0.1, -0.05) is 60.2 Å². The molecule has 0 saturated carbocycles. The van der Waals surface area contributed by atoms with Gasteiger partial charge < -0.3 is 10.0 Å². The molecule has 3 nitrogen and oxygen atoms in total. The van der Waals surface area contributed by atoms with Crippen LogP contribution in [0.5, 0.6) is 0 Å². The molecule has 130 valence electrons. The average Bonchev–Trinajstić information content (AvgIpc) is 2.53. The molecule has 0 aliphatic rings. The molecule has 2 aromatic carbocycles. The Morgan fingerprint density at radius 3 is 2.29 bits per heavy atom. The van der Waals surface area contributed by atoms with Crippen molar-refractivity contribution in [3.63, 3.8) is 0 Å². The Morgan fingerprint density at radius 2 is 1.62 bits per heavy atom. The monoisotopic (exact) mass is 326 g/mol. The molecule has 24 heavy (non-hydrogen) atoms. The summed E-state index contributed by atoms with van der Waals surface area (Å²) in [6.07, 6.45) is 0.354. The highest BCUT2D eigenvalue weighted by Gasteiger charge is 2.13. The maximum atomic E-state index is 10.5. The highest BCUT2D eigenvalue weighted by molar-refractivity contribution is 5.22.